The van der Waals surface area contributed by atoms with E-state index in [0.29, 0.717) is 18.5 Å². The predicted molar refractivity (Wildman–Crippen MR) is 158 cm³/mol. The summed E-state index contributed by atoms with van der Waals surface area (Å²) >= 11 is 0. The highest BCUT2D eigenvalue weighted by Gasteiger charge is 2.25. The Kier molecular flexibility index (Phi) is 9.99. The molecule has 1 amide bonds. The fourth-order valence-corrected chi connectivity index (χ4v) is 5.51. The first-order valence-corrected chi connectivity index (χ1v) is 14.3. The molecule has 0 saturated carbocycles. The van der Waals surface area contributed by atoms with Crippen LogP contribution in [0.15, 0.2) is 66.7 Å². The van der Waals surface area contributed by atoms with Gasteiger partial charge in [-0.05, 0) is 77.5 Å². The first kappa shape index (κ1) is 29.8. The molecule has 0 saturated heterocycles. The lowest BCUT2D eigenvalue weighted by Crippen LogP contribution is -2.48. The average molecular weight is 547 g/mol. The minimum absolute atomic E-state index is 0.148. The predicted octanol–water partition coefficient (Wildman–Crippen LogP) is 6.07. The lowest BCUT2D eigenvalue weighted by molar-refractivity contribution is -0.120. The molecular weight excluding hydrogens is 503 g/mol. The van der Waals surface area contributed by atoms with Crippen LogP contribution in [0.3, 0.4) is 0 Å². The van der Waals surface area contributed by atoms with Crippen molar-refractivity contribution in [3.63, 3.8) is 0 Å². The maximum absolute atomic E-state index is 14.8. The van der Waals surface area contributed by atoms with Crippen molar-refractivity contribution in [3.05, 3.63) is 100 Å². The van der Waals surface area contributed by atoms with Crippen LogP contribution in [-0.4, -0.2) is 29.7 Å². The standard InChI is InChI=1S/C34H43FN2O3/c1-23(38)37-31(19-25-14-16-33(29(35)18-25)40-22-24-9-6-5-7-10-24)32(39)21-36-30-12-8-11-27-15-13-26(17-28(27)30)20-34(2,3)4/h5-7,9-10,13-18,30-32,36,39H,8,11-12,19-22H2,1-4H3,(H,37,38)/t30-,31+,32+/m0/s1. The Balaban J connectivity index is 1.39. The molecule has 40 heavy (non-hydrogen) atoms. The van der Waals surface area contributed by atoms with Crippen LogP contribution < -0.4 is 15.4 Å². The van der Waals surface area contributed by atoms with Crippen molar-refractivity contribution in [2.45, 2.75) is 84.6 Å². The van der Waals surface area contributed by atoms with Gasteiger partial charge in [0.25, 0.3) is 0 Å². The van der Waals surface area contributed by atoms with E-state index in [9.17, 15) is 14.3 Å². The van der Waals surface area contributed by atoms with Crippen LogP contribution in [0.4, 0.5) is 4.39 Å². The number of carbonyl (C=O) groups is 1. The van der Waals surface area contributed by atoms with E-state index in [1.807, 2.05) is 30.3 Å². The SMILES string of the molecule is CC(=O)N[C@H](Cc1ccc(OCc2ccccc2)c(F)c1)[C@H](O)CN[C@H]1CCCc2ccc(CC(C)(C)C)cc21. The second kappa shape index (κ2) is 13.4. The minimum atomic E-state index is -0.843. The number of ether oxygens (including phenoxy) is 1. The summed E-state index contributed by atoms with van der Waals surface area (Å²) in [6.45, 7) is 8.77. The van der Waals surface area contributed by atoms with Gasteiger partial charge in [0.05, 0.1) is 12.1 Å². The molecule has 1 aliphatic rings. The molecule has 0 radical (unpaired) electrons. The average Bonchev–Trinajstić information content (AvgIpc) is 2.90. The molecule has 6 heteroatoms. The number of aryl methyl sites for hydroxylation is 1. The normalized spacial score (nSPS) is 16.6. The molecule has 5 nitrogen and oxygen atoms in total. The summed E-state index contributed by atoms with van der Waals surface area (Å²) in [6, 6.07) is 20.8. The summed E-state index contributed by atoms with van der Waals surface area (Å²) < 4.78 is 20.5. The number of hydrogen-bond donors (Lipinski definition) is 3. The van der Waals surface area contributed by atoms with Crippen molar-refractivity contribution >= 4 is 5.91 Å². The van der Waals surface area contributed by atoms with Crippen molar-refractivity contribution in [1.29, 1.82) is 0 Å². The van der Waals surface area contributed by atoms with Crippen LogP contribution in [0.25, 0.3) is 0 Å². The Morgan fingerprint density at radius 2 is 1.80 bits per heavy atom. The van der Waals surface area contributed by atoms with Gasteiger partial charge in [-0.3, -0.25) is 4.79 Å². The Morgan fingerprint density at radius 1 is 1.05 bits per heavy atom. The van der Waals surface area contributed by atoms with E-state index in [4.69, 9.17) is 4.74 Å². The Labute approximate surface area is 238 Å². The summed E-state index contributed by atoms with van der Waals surface area (Å²) in [7, 11) is 0. The second-order valence-electron chi connectivity index (χ2n) is 12.2. The summed E-state index contributed by atoms with van der Waals surface area (Å²) in [5, 5.41) is 17.6. The van der Waals surface area contributed by atoms with Gasteiger partial charge in [-0.25, -0.2) is 4.39 Å². The zero-order chi connectivity index (χ0) is 28.7. The molecule has 3 aromatic carbocycles. The molecule has 4 rings (SSSR count). The number of fused-ring (bicyclic) bond motifs is 1. The Bertz CT molecular complexity index is 1270. The monoisotopic (exact) mass is 546 g/mol. The van der Waals surface area contributed by atoms with Crippen molar-refractivity contribution in [1.82, 2.24) is 10.6 Å². The summed E-state index contributed by atoms with van der Waals surface area (Å²) in [5.74, 6) is -0.526. The lowest BCUT2D eigenvalue weighted by Gasteiger charge is -2.31. The van der Waals surface area contributed by atoms with E-state index in [0.717, 1.165) is 31.2 Å². The highest BCUT2D eigenvalue weighted by Crippen LogP contribution is 2.32. The van der Waals surface area contributed by atoms with E-state index < -0.39 is 18.0 Å². The third-order valence-electron chi connectivity index (χ3n) is 7.37. The number of rotatable bonds is 11. The molecule has 0 bridgehead atoms. The molecular formula is C34H43FN2O3. The fourth-order valence-electron chi connectivity index (χ4n) is 5.51. The molecule has 0 fully saturated rings. The first-order valence-electron chi connectivity index (χ1n) is 14.3. The molecule has 3 aromatic rings. The summed E-state index contributed by atoms with van der Waals surface area (Å²) in [4.78, 5) is 12.0. The van der Waals surface area contributed by atoms with Gasteiger partial charge >= 0.3 is 0 Å². The number of carbonyl (C=O) groups excluding carboxylic acids is 1. The fraction of sp³-hybridized carbons (Fsp3) is 0.441. The largest absolute Gasteiger partial charge is 0.486 e. The minimum Gasteiger partial charge on any atom is -0.486 e. The van der Waals surface area contributed by atoms with E-state index in [1.54, 1.807) is 12.1 Å². The number of aliphatic hydroxyl groups is 1. The molecule has 0 spiro atoms. The van der Waals surface area contributed by atoms with Gasteiger partial charge in [-0.1, -0.05) is 75.4 Å². The topological polar surface area (TPSA) is 70.6 Å². The van der Waals surface area contributed by atoms with Gasteiger partial charge in [0.1, 0.15) is 6.61 Å². The van der Waals surface area contributed by atoms with Crippen molar-refractivity contribution in [3.8, 4) is 5.75 Å². The molecule has 0 aromatic heterocycles. The molecule has 0 aliphatic heterocycles. The molecule has 3 atom stereocenters. The quantitative estimate of drug-likeness (QED) is 0.273. The van der Waals surface area contributed by atoms with Crippen molar-refractivity contribution < 1.29 is 19.0 Å². The molecule has 0 heterocycles. The van der Waals surface area contributed by atoms with Crippen LogP contribution in [0, 0.1) is 11.2 Å². The van der Waals surface area contributed by atoms with E-state index in [1.165, 1.54) is 29.7 Å². The number of aliphatic hydroxyl groups excluding tert-OH is 1. The van der Waals surface area contributed by atoms with E-state index >= 15 is 0 Å². The first-order chi connectivity index (χ1) is 19.1. The molecule has 214 valence electrons. The smallest absolute Gasteiger partial charge is 0.217 e. The molecule has 0 unspecified atom stereocenters. The zero-order valence-electron chi connectivity index (χ0n) is 24.2. The number of halogens is 1. The number of hydrogen-bond acceptors (Lipinski definition) is 4. The number of benzene rings is 3. The van der Waals surface area contributed by atoms with Gasteiger partial charge in [-0.2, -0.15) is 0 Å². The number of nitrogens with one attached hydrogen (secondary N) is 2. The van der Waals surface area contributed by atoms with Gasteiger partial charge in [0.15, 0.2) is 11.6 Å². The maximum atomic E-state index is 14.8. The summed E-state index contributed by atoms with van der Waals surface area (Å²) in [5.41, 5.74) is 5.84. The Morgan fingerprint density at radius 3 is 2.50 bits per heavy atom. The lowest BCUT2D eigenvalue weighted by atomic mass is 9.82. The third-order valence-corrected chi connectivity index (χ3v) is 7.37. The van der Waals surface area contributed by atoms with E-state index in [-0.39, 0.29) is 29.7 Å². The van der Waals surface area contributed by atoms with Crippen LogP contribution in [0.5, 0.6) is 5.75 Å². The highest BCUT2D eigenvalue weighted by atomic mass is 19.1. The van der Waals surface area contributed by atoms with Crippen molar-refractivity contribution in [2.24, 2.45) is 5.41 Å². The highest BCUT2D eigenvalue weighted by molar-refractivity contribution is 5.73. The van der Waals surface area contributed by atoms with Crippen molar-refractivity contribution in [2.75, 3.05) is 6.54 Å². The zero-order valence-corrected chi connectivity index (χ0v) is 24.2. The number of amides is 1. The van der Waals surface area contributed by atoms with Gasteiger partial charge in [0, 0.05) is 19.5 Å². The van der Waals surface area contributed by atoms with Gasteiger partial charge < -0.3 is 20.5 Å². The van der Waals surface area contributed by atoms with Gasteiger partial charge in [-0.15, -0.1) is 0 Å². The van der Waals surface area contributed by atoms with Crippen LogP contribution >= 0.6 is 0 Å². The van der Waals surface area contributed by atoms with Crippen LogP contribution in [0.1, 0.15) is 74.4 Å². The molecule has 1 aliphatic carbocycles. The van der Waals surface area contributed by atoms with Crippen LogP contribution in [-0.2, 0) is 30.7 Å². The third kappa shape index (κ3) is 8.64. The van der Waals surface area contributed by atoms with E-state index in [2.05, 4.69) is 49.6 Å². The Hall–Kier alpha value is -3.22. The maximum Gasteiger partial charge on any atom is 0.217 e. The summed E-state index contributed by atoms with van der Waals surface area (Å²) in [6.07, 6.45) is 3.62. The second-order valence-corrected chi connectivity index (χ2v) is 12.2. The van der Waals surface area contributed by atoms with Gasteiger partial charge in [0.2, 0.25) is 5.91 Å². The van der Waals surface area contributed by atoms with Crippen LogP contribution in [0.2, 0.25) is 0 Å². The molecule has 3 N–H and O–H groups in total.